The minimum absolute atomic E-state index is 0.0998. The molecule has 0 radical (unpaired) electrons. The summed E-state index contributed by atoms with van der Waals surface area (Å²) in [7, 11) is -6.85. The van der Waals surface area contributed by atoms with E-state index in [1.807, 2.05) is 0 Å². The molecule has 0 heterocycles. The van der Waals surface area contributed by atoms with E-state index >= 15 is 0 Å². The lowest BCUT2D eigenvalue weighted by Gasteiger charge is -2.36. The molecule has 2 unspecified atom stereocenters. The van der Waals surface area contributed by atoms with Gasteiger partial charge in [0.2, 0.25) is 0 Å². The molecule has 0 aromatic heterocycles. The van der Waals surface area contributed by atoms with E-state index in [1.54, 1.807) is 0 Å². The Labute approximate surface area is 141 Å². The Morgan fingerprint density at radius 1 is 0.808 bits per heavy atom. The third kappa shape index (κ3) is 3.07. The first-order valence-corrected chi connectivity index (χ1v) is 8.67. The zero-order valence-corrected chi connectivity index (χ0v) is 13.4. The van der Waals surface area contributed by atoms with Gasteiger partial charge in [-0.05, 0) is 37.5 Å². The van der Waals surface area contributed by atoms with E-state index in [4.69, 9.17) is 0 Å². The number of aliphatic hydroxyl groups is 1. The van der Waals surface area contributed by atoms with E-state index in [1.165, 1.54) is 0 Å². The Hall–Kier alpha value is -0.760. The van der Waals surface area contributed by atoms with Gasteiger partial charge in [-0.1, -0.05) is 0 Å². The quantitative estimate of drug-likeness (QED) is 0.544. The van der Waals surface area contributed by atoms with Gasteiger partial charge in [0.25, 0.3) is 0 Å². The third-order valence-electron chi connectivity index (χ3n) is 4.65. The molecule has 4 atom stereocenters. The lowest BCUT2D eigenvalue weighted by Crippen LogP contribution is -2.63. The lowest BCUT2D eigenvalue weighted by atomic mass is 9.84. The monoisotopic (exact) mass is 424 g/mol. The van der Waals surface area contributed by atoms with Crippen molar-refractivity contribution in [1.82, 2.24) is 0 Å². The van der Waals surface area contributed by atoms with Crippen molar-refractivity contribution >= 4 is 10.1 Å². The van der Waals surface area contributed by atoms with Gasteiger partial charge in [0, 0.05) is 0 Å². The van der Waals surface area contributed by atoms with Crippen LogP contribution in [0.3, 0.4) is 0 Å². The predicted octanol–water partition coefficient (Wildman–Crippen LogP) is 3.31. The highest BCUT2D eigenvalue weighted by Gasteiger charge is 2.86. The topological polar surface area (TPSA) is 63.6 Å². The smallest absolute Gasteiger partial charge is 0.393 e. The van der Waals surface area contributed by atoms with Crippen LogP contribution < -0.4 is 0 Å². The van der Waals surface area contributed by atoms with E-state index in [2.05, 4.69) is 4.18 Å². The maximum atomic E-state index is 13.6. The van der Waals surface area contributed by atoms with Gasteiger partial charge >= 0.3 is 33.4 Å². The van der Waals surface area contributed by atoms with Crippen LogP contribution in [0.1, 0.15) is 25.7 Å². The molecule has 2 fully saturated rings. The molecule has 0 spiro atoms. The molecule has 14 heteroatoms. The summed E-state index contributed by atoms with van der Waals surface area (Å²) in [6.45, 7) is 0. The molecule has 2 rings (SSSR count). The van der Waals surface area contributed by atoms with Gasteiger partial charge in [-0.2, -0.15) is 47.9 Å². The van der Waals surface area contributed by atoms with Gasteiger partial charge in [-0.3, -0.25) is 4.18 Å². The normalized spacial score (nSPS) is 31.3. The van der Waals surface area contributed by atoms with Crippen molar-refractivity contribution in [3.05, 3.63) is 0 Å². The first-order valence-electron chi connectivity index (χ1n) is 7.27. The van der Waals surface area contributed by atoms with Crippen LogP contribution in [0, 0.1) is 11.8 Å². The fourth-order valence-electron chi connectivity index (χ4n) is 3.32. The number of fused-ring (bicyclic) bond motifs is 2. The van der Waals surface area contributed by atoms with Gasteiger partial charge in [0.15, 0.2) is 0 Å². The number of aliphatic hydroxyl groups excluding tert-OH is 1. The summed E-state index contributed by atoms with van der Waals surface area (Å²) in [5.41, 5.74) is 0. The summed E-state index contributed by atoms with van der Waals surface area (Å²) in [6.07, 6.45) is -9.44. The average Bonchev–Trinajstić information content (AvgIpc) is 2.68. The molecule has 2 saturated carbocycles. The standard InChI is InChI=1S/C12H13F9O4S/c13-9(14,11(17,18)19)10(15,16)12(20,21)26(23,24)25-8-5-1-2-6(8)4-7(22)3-5/h5-8,22H,1-4H2/t5-,6+,7?,8?. The van der Waals surface area contributed by atoms with Gasteiger partial charge in [-0.25, -0.2) is 0 Å². The summed E-state index contributed by atoms with van der Waals surface area (Å²) in [5, 5.41) is 2.66. The molecule has 2 aliphatic carbocycles. The molecule has 26 heavy (non-hydrogen) atoms. The van der Waals surface area contributed by atoms with Crippen molar-refractivity contribution in [2.75, 3.05) is 0 Å². The molecule has 0 amide bonds. The molecule has 2 aliphatic rings. The second kappa shape index (κ2) is 6.12. The summed E-state index contributed by atoms with van der Waals surface area (Å²) in [5.74, 6) is -16.3. The molecule has 154 valence electrons. The molecular formula is C12H13F9O4S. The second-order valence-corrected chi connectivity index (χ2v) is 8.01. The maximum absolute atomic E-state index is 13.6. The Bertz CT molecular complexity index is 632. The van der Waals surface area contributed by atoms with Crippen molar-refractivity contribution in [2.24, 2.45) is 11.8 Å². The predicted molar refractivity (Wildman–Crippen MR) is 66.1 cm³/mol. The zero-order chi connectivity index (χ0) is 20.3. The van der Waals surface area contributed by atoms with Crippen molar-refractivity contribution in [3.63, 3.8) is 0 Å². The molecule has 2 bridgehead atoms. The lowest BCUT2D eigenvalue weighted by molar-refractivity contribution is -0.383. The van der Waals surface area contributed by atoms with Crippen molar-refractivity contribution in [2.45, 2.75) is 61.2 Å². The minimum atomic E-state index is -7.32. The van der Waals surface area contributed by atoms with Crippen LogP contribution in [0.2, 0.25) is 0 Å². The molecular weight excluding hydrogens is 411 g/mol. The molecule has 0 aromatic carbocycles. The minimum Gasteiger partial charge on any atom is -0.393 e. The van der Waals surface area contributed by atoms with Crippen LogP contribution in [0.4, 0.5) is 39.5 Å². The zero-order valence-electron chi connectivity index (χ0n) is 12.6. The van der Waals surface area contributed by atoms with Crippen LogP contribution in [0.5, 0.6) is 0 Å². The summed E-state index contributed by atoms with van der Waals surface area (Å²) in [6, 6.07) is 0. The SMILES string of the molecule is O=S(=O)(OC1[C@@H]2CC[C@H]1CC(O)C2)C(F)(F)C(F)(F)C(F)(F)C(F)(F)F. The summed E-state index contributed by atoms with van der Waals surface area (Å²) in [4.78, 5) is 0. The van der Waals surface area contributed by atoms with Gasteiger partial charge in [0.05, 0.1) is 12.2 Å². The number of hydrogen-bond donors (Lipinski definition) is 1. The summed E-state index contributed by atoms with van der Waals surface area (Å²) < 4.78 is 143. The molecule has 0 saturated heterocycles. The van der Waals surface area contributed by atoms with Crippen molar-refractivity contribution in [3.8, 4) is 0 Å². The van der Waals surface area contributed by atoms with Gasteiger partial charge in [-0.15, -0.1) is 0 Å². The van der Waals surface area contributed by atoms with E-state index in [0.717, 1.165) is 0 Å². The molecule has 0 aromatic rings. The average molecular weight is 424 g/mol. The Kier molecular flexibility index (Phi) is 5.07. The van der Waals surface area contributed by atoms with Gasteiger partial charge in [0.1, 0.15) is 0 Å². The van der Waals surface area contributed by atoms with Crippen LogP contribution in [-0.4, -0.2) is 49.0 Å². The maximum Gasteiger partial charge on any atom is 0.460 e. The van der Waals surface area contributed by atoms with Crippen LogP contribution in [0.25, 0.3) is 0 Å². The largest absolute Gasteiger partial charge is 0.460 e. The molecule has 1 N–H and O–H groups in total. The van der Waals surface area contributed by atoms with Crippen molar-refractivity contribution < 1.29 is 57.2 Å². The van der Waals surface area contributed by atoms with E-state index in [-0.39, 0.29) is 25.7 Å². The first-order chi connectivity index (χ1) is 11.5. The first kappa shape index (κ1) is 21.5. The third-order valence-corrected chi connectivity index (χ3v) is 6.01. The highest BCUT2D eigenvalue weighted by Crippen LogP contribution is 2.56. The number of rotatable bonds is 5. The highest BCUT2D eigenvalue weighted by atomic mass is 32.2. The fraction of sp³-hybridized carbons (Fsp3) is 1.00. The fourth-order valence-corrected chi connectivity index (χ4v) is 4.49. The van der Waals surface area contributed by atoms with E-state index in [9.17, 15) is 53.0 Å². The van der Waals surface area contributed by atoms with Crippen molar-refractivity contribution in [1.29, 1.82) is 0 Å². The summed E-state index contributed by atoms with van der Waals surface area (Å²) >= 11 is 0. The van der Waals surface area contributed by atoms with E-state index in [0.29, 0.717) is 0 Å². The number of halogens is 9. The second-order valence-electron chi connectivity index (χ2n) is 6.40. The highest BCUT2D eigenvalue weighted by molar-refractivity contribution is 7.87. The number of hydrogen-bond acceptors (Lipinski definition) is 4. The van der Waals surface area contributed by atoms with Crippen LogP contribution in [-0.2, 0) is 14.3 Å². The van der Waals surface area contributed by atoms with Crippen LogP contribution >= 0.6 is 0 Å². The Balaban J connectivity index is 2.32. The Morgan fingerprint density at radius 2 is 1.23 bits per heavy atom. The Morgan fingerprint density at radius 3 is 1.62 bits per heavy atom. The number of alkyl halides is 9. The van der Waals surface area contributed by atoms with E-state index < -0.39 is 57.4 Å². The molecule has 0 aliphatic heterocycles. The van der Waals surface area contributed by atoms with Gasteiger partial charge < -0.3 is 5.11 Å². The molecule has 4 nitrogen and oxygen atoms in total. The van der Waals surface area contributed by atoms with Crippen LogP contribution in [0.15, 0.2) is 0 Å².